The van der Waals surface area contributed by atoms with Crippen molar-refractivity contribution in [3.63, 3.8) is 0 Å². The predicted octanol–water partition coefficient (Wildman–Crippen LogP) is 5.43. The summed E-state index contributed by atoms with van der Waals surface area (Å²) in [5, 5.41) is 3.26. The van der Waals surface area contributed by atoms with Gasteiger partial charge in [0.25, 0.3) is 5.91 Å². The Labute approximate surface area is 192 Å². The van der Waals surface area contributed by atoms with E-state index in [-0.39, 0.29) is 11.9 Å². The van der Waals surface area contributed by atoms with Crippen LogP contribution in [0.25, 0.3) is 0 Å². The summed E-state index contributed by atoms with van der Waals surface area (Å²) < 4.78 is 5.29. The van der Waals surface area contributed by atoms with E-state index in [2.05, 4.69) is 5.32 Å². The van der Waals surface area contributed by atoms with Gasteiger partial charge in [0.05, 0.1) is 17.7 Å². The number of amides is 3. The molecular weight excluding hydrogens is 426 g/mol. The molecular formula is C25H24ClN3O3. The van der Waals surface area contributed by atoms with Gasteiger partial charge in [-0.1, -0.05) is 41.9 Å². The van der Waals surface area contributed by atoms with Gasteiger partial charge in [-0.15, -0.1) is 0 Å². The number of carbonyl (C=O) groups excluding carboxylic acids is 2. The molecule has 3 aromatic rings. The Morgan fingerprint density at radius 2 is 1.84 bits per heavy atom. The van der Waals surface area contributed by atoms with Crippen molar-refractivity contribution in [2.24, 2.45) is 0 Å². The van der Waals surface area contributed by atoms with Gasteiger partial charge in [0.1, 0.15) is 5.75 Å². The van der Waals surface area contributed by atoms with E-state index in [1.54, 1.807) is 42.3 Å². The monoisotopic (exact) mass is 449 g/mol. The third-order valence-electron chi connectivity index (χ3n) is 5.35. The Balaban J connectivity index is 1.49. The summed E-state index contributed by atoms with van der Waals surface area (Å²) >= 11 is 6.13. The molecule has 6 nitrogen and oxygen atoms in total. The van der Waals surface area contributed by atoms with Crippen LogP contribution in [0, 0.1) is 0 Å². The lowest BCUT2D eigenvalue weighted by molar-refractivity contribution is 0.102. The second-order valence-electron chi connectivity index (χ2n) is 7.55. The Morgan fingerprint density at radius 3 is 2.66 bits per heavy atom. The summed E-state index contributed by atoms with van der Waals surface area (Å²) in [5.41, 5.74) is 2.76. The fourth-order valence-corrected chi connectivity index (χ4v) is 3.98. The summed E-state index contributed by atoms with van der Waals surface area (Å²) in [6.45, 7) is 1.82. The molecule has 1 aliphatic heterocycles. The molecule has 0 aromatic heterocycles. The van der Waals surface area contributed by atoms with Crippen LogP contribution < -0.4 is 15.0 Å². The quantitative estimate of drug-likeness (QED) is 0.545. The van der Waals surface area contributed by atoms with E-state index in [4.69, 9.17) is 16.3 Å². The Bertz CT molecular complexity index is 1130. The van der Waals surface area contributed by atoms with Crippen molar-refractivity contribution in [2.45, 2.75) is 13.0 Å². The second kappa shape index (κ2) is 9.75. The fraction of sp³-hybridized carbons (Fsp3) is 0.200. The number of benzene rings is 3. The summed E-state index contributed by atoms with van der Waals surface area (Å²) in [6.07, 6.45) is 0.853. The first kappa shape index (κ1) is 21.7. The summed E-state index contributed by atoms with van der Waals surface area (Å²) in [7, 11) is 1.63. The Kier molecular flexibility index (Phi) is 6.61. The van der Waals surface area contributed by atoms with Crippen LogP contribution >= 0.6 is 11.6 Å². The number of nitrogens with one attached hydrogen (secondary N) is 1. The van der Waals surface area contributed by atoms with Gasteiger partial charge >= 0.3 is 6.03 Å². The smallest absolute Gasteiger partial charge is 0.324 e. The normalized spacial score (nSPS) is 13.8. The molecule has 0 radical (unpaired) electrons. The minimum Gasteiger partial charge on any atom is -0.497 e. The van der Waals surface area contributed by atoms with Gasteiger partial charge in [-0.05, 0) is 54.4 Å². The lowest BCUT2D eigenvalue weighted by Gasteiger charge is -2.36. The van der Waals surface area contributed by atoms with E-state index < -0.39 is 0 Å². The molecule has 0 atom stereocenters. The highest BCUT2D eigenvalue weighted by atomic mass is 35.5. The first-order chi connectivity index (χ1) is 15.5. The summed E-state index contributed by atoms with van der Waals surface area (Å²) in [4.78, 5) is 29.4. The molecule has 0 bridgehead atoms. The number of hydrogen-bond acceptors (Lipinski definition) is 3. The number of anilines is 2. The predicted molar refractivity (Wildman–Crippen MR) is 127 cm³/mol. The molecule has 0 unspecified atom stereocenters. The number of ether oxygens (including phenoxy) is 1. The number of nitrogens with zero attached hydrogens (tertiary/aromatic N) is 2. The second-order valence-corrected chi connectivity index (χ2v) is 7.95. The highest BCUT2D eigenvalue weighted by Gasteiger charge is 2.27. The molecule has 0 saturated carbocycles. The SMILES string of the molecule is COc1cccc(CN2CCCN(c3cccc(NC(=O)c4ccccc4Cl)c3)C2=O)c1. The van der Waals surface area contributed by atoms with Crippen LogP contribution in [0.4, 0.5) is 16.2 Å². The third kappa shape index (κ3) is 4.86. The van der Waals surface area contributed by atoms with Crippen LogP contribution in [0.15, 0.2) is 72.8 Å². The molecule has 164 valence electrons. The number of hydrogen-bond donors (Lipinski definition) is 1. The minimum absolute atomic E-state index is 0.0614. The van der Waals surface area contributed by atoms with E-state index >= 15 is 0 Å². The average Bonchev–Trinajstić information content (AvgIpc) is 2.81. The van der Waals surface area contributed by atoms with E-state index in [9.17, 15) is 9.59 Å². The molecule has 1 saturated heterocycles. The van der Waals surface area contributed by atoms with Gasteiger partial charge in [-0.2, -0.15) is 0 Å². The van der Waals surface area contributed by atoms with Crippen LogP contribution in [-0.4, -0.2) is 37.0 Å². The maximum Gasteiger partial charge on any atom is 0.324 e. The zero-order valence-electron chi connectivity index (χ0n) is 17.8. The highest BCUT2D eigenvalue weighted by Crippen LogP contribution is 2.26. The average molecular weight is 450 g/mol. The van der Waals surface area contributed by atoms with Crippen molar-refractivity contribution in [3.8, 4) is 5.75 Å². The molecule has 32 heavy (non-hydrogen) atoms. The standard InChI is InChI=1S/C25H24ClN3O3/c1-32-21-10-4-7-18(15-21)17-28-13-6-14-29(25(28)31)20-9-5-8-19(16-20)27-24(30)22-11-2-3-12-23(22)26/h2-5,7-12,15-16H,6,13-14,17H2,1H3,(H,27,30). The van der Waals surface area contributed by atoms with Gasteiger partial charge in [-0.25, -0.2) is 4.79 Å². The Morgan fingerprint density at radius 1 is 1.03 bits per heavy atom. The van der Waals surface area contributed by atoms with Gasteiger partial charge in [0.2, 0.25) is 0 Å². The van der Waals surface area contributed by atoms with Crippen LogP contribution in [0.2, 0.25) is 5.02 Å². The molecule has 1 heterocycles. The molecule has 0 aliphatic carbocycles. The maximum absolute atomic E-state index is 13.2. The van der Waals surface area contributed by atoms with Crippen molar-refractivity contribution in [1.29, 1.82) is 0 Å². The van der Waals surface area contributed by atoms with E-state index in [0.29, 0.717) is 35.9 Å². The molecule has 1 aliphatic rings. The number of methoxy groups -OCH3 is 1. The largest absolute Gasteiger partial charge is 0.497 e. The summed E-state index contributed by atoms with van der Waals surface area (Å²) in [5.74, 6) is 0.475. The van der Waals surface area contributed by atoms with Crippen molar-refractivity contribution < 1.29 is 14.3 Å². The van der Waals surface area contributed by atoms with E-state index in [1.165, 1.54) is 0 Å². The van der Waals surface area contributed by atoms with Crippen molar-refractivity contribution in [1.82, 2.24) is 4.90 Å². The van der Waals surface area contributed by atoms with Gasteiger partial charge < -0.3 is 15.0 Å². The number of halogens is 1. The molecule has 3 aromatic carbocycles. The minimum atomic E-state index is -0.294. The number of urea groups is 1. The zero-order chi connectivity index (χ0) is 22.5. The third-order valence-corrected chi connectivity index (χ3v) is 5.68. The molecule has 0 spiro atoms. The lowest BCUT2D eigenvalue weighted by Crippen LogP contribution is -2.49. The molecule has 1 N–H and O–H groups in total. The number of rotatable bonds is 6. The van der Waals surface area contributed by atoms with E-state index in [1.807, 2.05) is 47.4 Å². The van der Waals surface area contributed by atoms with Crippen LogP contribution in [0.5, 0.6) is 5.75 Å². The van der Waals surface area contributed by atoms with Crippen molar-refractivity contribution in [3.05, 3.63) is 88.9 Å². The molecule has 1 fully saturated rings. The topological polar surface area (TPSA) is 61.9 Å². The highest BCUT2D eigenvalue weighted by molar-refractivity contribution is 6.34. The van der Waals surface area contributed by atoms with Gasteiger partial charge in [0.15, 0.2) is 0 Å². The zero-order valence-corrected chi connectivity index (χ0v) is 18.5. The summed E-state index contributed by atoms with van der Waals surface area (Å²) in [6, 6.07) is 21.9. The first-order valence-electron chi connectivity index (χ1n) is 10.4. The number of carbonyl (C=O) groups is 2. The lowest BCUT2D eigenvalue weighted by atomic mass is 10.1. The molecule has 3 amide bonds. The van der Waals surface area contributed by atoms with Gasteiger partial charge in [0, 0.05) is 31.0 Å². The van der Waals surface area contributed by atoms with Crippen molar-refractivity contribution in [2.75, 3.05) is 30.4 Å². The first-order valence-corrected chi connectivity index (χ1v) is 10.8. The van der Waals surface area contributed by atoms with Crippen LogP contribution in [-0.2, 0) is 6.54 Å². The fourth-order valence-electron chi connectivity index (χ4n) is 3.75. The maximum atomic E-state index is 13.2. The van der Waals surface area contributed by atoms with Crippen LogP contribution in [0.3, 0.4) is 0 Å². The molecule has 7 heteroatoms. The molecule has 4 rings (SSSR count). The van der Waals surface area contributed by atoms with Crippen molar-refractivity contribution >= 4 is 34.9 Å². The Hall–Kier alpha value is -3.51. The van der Waals surface area contributed by atoms with Gasteiger partial charge in [-0.3, -0.25) is 9.69 Å². The van der Waals surface area contributed by atoms with E-state index in [0.717, 1.165) is 23.4 Å². The van der Waals surface area contributed by atoms with Crippen LogP contribution in [0.1, 0.15) is 22.3 Å².